The van der Waals surface area contributed by atoms with Gasteiger partial charge >= 0.3 is 0 Å². The molecule has 0 unspecified atom stereocenters. The Labute approximate surface area is 171 Å². The van der Waals surface area contributed by atoms with Gasteiger partial charge in [-0.3, -0.25) is 0 Å². The van der Waals surface area contributed by atoms with Gasteiger partial charge in [0.25, 0.3) is 5.89 Å². The van der Waals surface area contributed by atoms with Crippen LogP contribution in [0.25, 0.3) is 23.1 Å². The molecule has 0 aliphatic rings. The summed E-state index contributed by atoms with van der Waals surface area (Å²) in [5.74, 6) is 0.561. The highest BCUT2D eigenvalue weighted by Gasteiger charge is 2.19. The third-order valence-electron chi connectivity index (χ3n) is 4.35. The van der Waals surface area contributed by atoms with Crippen molar-refractivity contribution in [2.45, 2.75) is 6.92 Å². The maximum atomic E-state index is 13.5. The molecule has 2 N–H and O–H groups in total. The molecule has 0 amide bonds. The average Bonchev–Trinajstić information content (AvgIpc) is 3.22. The Kier molecular flexibility index (Phi) is 4.97. The van der Waals surface area contributed by atoms with Gasteiger partial charge in [-0.1, -0.05) is 17.3 Å². The highest BCUT2D eigenvalue weighted by Crippen LogP contribution is 2.31. The van der Waals surface area contributed by atoms with Crippen LogP contribution >= 0.6 is 0 Å². The highest BCUT2D eigenvalue weighted by atomic mass is 19.1. The van der Waals surface area contributed by atoms with E-state index in [1.165, 1.54) is 25.3 Å². The molecule has 4 rings (SSSR count). The Morgan fingerprint density at radius 2 is 1.87 bits per heavy atom. The molecule has 0 bridgehead atoms. The van der Waals surface area contributed by atoms with Gasteiger partial charge in [0.2, 0.25) is 23.5 Å². The summed E-state index contributed by atoms with van der Waals surface area (Å²) in [6, 6.07) is 11.9. The molecule has 0 fully saturated rings. The van der Waals surface area contributed by atoms with Crippen molar-refractivity contribution < 1.29 is 13.7 Å². The maximum absolute atomic E-state index is 13.5. The summed E-state index contributed by atoms with van der Waals surface area (Å²) in [5.41, 5.74) is 8.31. The van der Waals surface area contributed by atoms with Gasteiger partial charge in [-0.05, 0) is 36.8 Å². The van der Waals surface area contributed by atoms with E-state index in [0.717, 1.165) is 11.3 Å². The fraction of sp³-hybridized carbons (Fsp3) is 0.150. The van der Waals surface area contributed by atoms with Crippen LogP contribution in [0.3, 0.4) is 0 Å². The predicted octanol–water partition coefficient (Wildman–Crippen LogP) is 3.39. The molecule has 0 atom stereocenters. The zero-order chi connectivity index (χ0) is 21.3. The Balaban J connectivity index is 1.71. The largest absolute Gasteiger partial charge is 0.496 e. The molecule has 30 heavy (non-hydrogen) atoms. The van der Waals surface area contributed by atoms with E-state index < -0.39 is 5.82 Å². The van der Waals surface area contributed by atoms with Crippen LogP contribution in [0, 0.1) is 12.7 Å². The van der Waals surface area contributed by atoms with Crippen LogP contribution in [0.4, 0.5) is 22.0 Å². The van der Waals surface area contributed by atoms with Crippen molar-refractivity contribution in [1.29, 1.82) is 0 Å². The third kappa shape index (κ3) is 3.75. The Morgan fingerprint density at radius 1 is 1.03 bits per heavy atom. The third-order valence-corrected chi connectivity index (χ3v) is 4.35. The molecule has 0 radical (unpaired) electrons. The number of ether oxygens (including phenoxy) is 1. The molecule has 2 aromatic heterocycles. The number of methoxy groups -OCH3 is 1. The summed E-state index contributed by atoms with van der Waals surface area (Å²) in [5, 5.41) is 3.93. The summed E-state index contributed by atoms with van der Waals surface area (Å²) in [6.07, 6.45) is 0. The number of anilines is 3. The molecule has 0 aliphatic carbocycles. The lowest BCUT2D eigenvalue weighted by Crippen LogP contribution is -2.15. The van der Waals surface area contributed by atoms with Crippen molar-refractivity contribution in [3.05, 3.63) is 53.8 Å². The first kappa shape index (κ1) is 19.2. The Morgan fingerprint density at radius 3 is 2.63 bits per heavy atom. The first-order chi connectivity index (χ1) is 14.4. The number of aromatic nitrogens is 5. The van der Waals surface area contributed by atoms with Gasteiger partial charge < -0.3 is 19.9 Å². The number of halogens is 1. The average molecular weight is 407 g/mol. The quantitative estimate of drug-likeness (QED) is 0.531. The number of aryl methyl sites for hydroxylation is 1. The van der Waals surface area contributed by atoms with E-state index in [1.54, 1.807) is 4.90 Å². The van der Waals surface area contributed by atoms with Crippen LogP contribution in [0.1, 0.15) is 5.56 Å². The fourth-order valence-electron chi connectivity index (χ4n) is 2.85. The van der Waals surface area contributed by atoms with Gasteiger partial charge in [0.15, 0.2) is 0 Å². The number of benzene rings is 2. The van der Waals surface area contributed by atoms with Gasteiger partial charge in [-0.15, -0.1) is 0 Å². The molecule has 152 valence electrons. The predicted molar refractivity (Wildman–Crippen MR) is 109 cm³/mol. The van der Waals surface area contributed by atoms with Crippen molar-refractivity contribution in [2.75, 3.05) is 24.8 Å². The number of nitrogens with zero attached hydrogens (tertiary/aromatic N) is 6. The van der Waals surface area contributed by atoms with Crippen LogP contribution in [-0.2, 0) is 0 Å². The van der Waals surface area contributed by atoms with Crippen LogP contribution in [0.2, 0.25) is 0 Å². The Hall–Kier alpha value is -4.08. The van der Waals surface area contributed by atoms with Crippen LogP contribution in [0.5, 0.6) is 5.75 Å². The molecule has 2 aromatic carbocycles. The smallest absolute Gasteiger partial charge is 0.262 e. The summed E-state index contributed by atoms with van der Waals surface area (Å²) >= 11 is 0. The van der Waals surface area contributed by atoms with Gasteiger partial charge in [0.05, 0.1) is 12.7 Å². The lowest BCUT2D eigenvalue weighted by Gasteiger charge is -2.17. The molecule has 0 aliphatic heterocycles. The van der Waals surface area contributed by atoms with Gasteiger partial charge in [-0.25, -0.2) is 4.39 Å². The van der Waals surface area contributed by atoms with Crippen molar-refractivity contribution in [2.24, 2.45) is 0 Å². The first-order valence-corrected chi connectivity index (χ1v) is 8.94. The number of hydrogen-bond acceptors (Lipinski definition) is 9. The minimum atomic E-state index is -0.440. The molecular formula is C20H18FN7O2. The van der Waals surface area contributed by atoms with E-state index in [2.05, 4.69) is 25.1 Å². The monoisotopic (exact) mass is 407 g/mol. The number of nitrogen functional groups attached to an aromatic ring is 1. The summed E-state index contributed by atoms with van der Waals surface area (Å²) in [4.78, 5) is 18.8. The lowest BCUT2D eigenvalue weighted by molar-refractivity contribution is 0.403. The van der Waals surface area contributed by atoms with Gasteiger partial charge in [0, 0.05) is 18.8 Å². The fourth-order valence-corrected chi connectivity index (χ4v) is 2.85. The molecule has 0 saturated carbocycles. The van der Waals surface area contributed by atoms with Crippen LogP contribution in [-0.4, -0.2) is 39.3 Å². The molecule has 10 heteroatoms. The maximum Gasteiger partial charge on any atom is 0.262 e. The standard InChI is InChI=1S/C20H18FN7O2/c1-11-5-4-6-13(9-11)28(2)20-25-16(24-19(22)26-20)17-23-18(30-27-17)14-8-7-12(21)10-15(14)29-3/h4-10H,1-3H3,(H2,22,24,25,26). The molecule has 9 nitrogen and oxygen atoms in total. The zero-order valence-corrected chi connectivity index (χ0v) is 16.5. The SMILES string of the molecule is COc1cc(F)ccc1-c1nc(-c2nc(N)nc(N(C)c3cccc(C)c3)n2)no1. The van der Waals surface area contributed by atoms with E-state index in [-0.39, 0.29) is 29.2 Å². The summed E-state index contributed by atoms with van der Waals surface area (Å²) in [7, 11) is 3.24. The number of hydrogen-bond donors (Lipinski definition) is 1. The molecule has 0 spiro atoms. The van der Waals surface area contributed by atoms with Gasteiger partial charge in [-0.2, -0.15) is 19.9 Å². The zero-order valence-electron chi connectivity index (χ0n) is 16.5. The number of nitrogens with two attached hydrogens (primary N) is 1. The molecule has 4 aromatic rings. The van der Waals surface area contributed by atoms with E-state index >= 15 is 0 Å². The van der Waals surface area contributed by atoms with Crippen LogP contribution in [0.15, 0.2) is 47.0 Å². The second-order valence-corrected chi connectivity index (χ2v) is 6.48. The lowest BCUT2D eigenvalue weighted by atomic mass is 10.2. The second kappa shape index (κ2) is 7.74. The Bertz CT molecular complexity index is 1210. The van der Waals surface area contributed by atoms with Crippen molar-refractivity contribution >= 4 is 17.6 Å². The summed E-state index contributed by atoms with van der Waals surface area (Å²) < 4.78 is 24.0. The molecule has 2 heterocycles. The minimum Gasteiger partial charge on any atom is -0.496 e. The molecule has 0 saturated heterocycles. The van der Waals surface area contributed by atoms with Crippen molar-refractivity contribution in [1.82, 2.24) is 25.1 Å². The van der Waals surface area contributed by atoms with Gasteiger partial charge in [0.1, 0.15) is 11.6 Å². The summed E-state index contributed by atoms with van der Waals surface area (Å²) in [6.45, 7) is 2.00. The first-order valence-electron chi connectivity index (χ1n) is 8.94. The normalized spacial score (nSPS) is 10.8. The topological polar surface area (TPSA) is 116 Å². The number of rotatable bonds is 5. The van der Waals surface area contributed by atoms with Crippen LogP contribution < -0.4 is 15.4 Å². The highest BCUT2D eigenvalue weighted by molar-refractivity contribution is 5.65. The van der Waals surface area contributed by atoms with Crippen molar-refractivity contribution in [3.63, 3.8) is 0 Å². The van der Waals surface area contributed by atoms with E-state index in [4.69, 9.17) is 15.0 Å². The van der Waals surface area contributed by atoms with Crippen molar-refractivity contribution in [3.8, 4) is 28.9 Å². The van der Waals surface area contributed by atoms with E-state index in [1.807, 2.05) is 38.2 Å². The van der Waals surface area contributed by atoms with E-state index in [0.29, 0.717) is 11.5 Å². The molecular weight excluding hydrogens is 389 g/mol. The second-order valence-electron chi connectivity index (χ2n) is 6.48. The minimum absolute atomic E-state index is 0.0141. The van der Waals surface area contributed by atoms with E-state index in [9.17, 15) is 4.39 Å².